The first-order valence-electron chi connectivity index (χ1n) is 13.9. The molecule has 1 fully saturated rings. The van der Waals surface area contributed by atoms with Crippen LogP contribution >= 0.6 is 11.6 Å². The van der Waals surface area contributed by atoms with Crippen molar-refractivity contribution in [2.45, 2.75) is 63.7 Å². The molecule has 3 aromatic rings. The van der Waals surface area contributed by atoms with Gasteiger partial charge in [-0.25, -0.2) is 4.39 Å². The average Bonchev–Trinajstić information content (AvgIpc) is 3.71. The van der Waals surface area contributed by atoms with Gasteiger partial charge in [-0.15, -0.1) is 0 Å². The Morgan fingerprint density at radius 3 is 2.60 bits per heavy atom. The molecule has 0 spiro atoms. The Morgan fingerprint density at radius 2 is 1.88 bits per heavy atom. The van der Waals surface area contributed by atoms with Crippen LogP contribution < -0.4 is 5.32 Å². The smallest absolute Gasteiger partial charge is 0.330 e. The number of anilines is 1. The van der Waals surface area contributed by atoms with E-state index in [1.807, 2.05) is 23.7 Å². The highest BCUT2D eigenvalue weighted by Gasteiger charge is 2.38. The molecule has 2 aliphatic heterocycles. The van der Waals surface area contributed by atoms with Crippen LogP contribution in [0.3, 0.4) is 0 Å². The molecule has 7 nitrogen and oxygen atoms in total. The standard InChI is InChI=1S/C30H28ClF4N5O2/c1-16-3-2-4-24(22-13-18(9-11-36-22)28-23(38-29(16)42)15-37-40(28)19-5-6-19)39-12-10-17(14-25(39)41)26-20(30(33,34)35)7-8-21(31)27(26)32/h7-9,11,13-16,19,24H,2-6,10,12H2,1H3,(H,38,42)/t16-,24?/m1/s1. The van der Waals surface area contributed by atoms with Gasteiger partial charge >= 0.3 is 6.18 Å². The SMILES string of the molecule is C[C@@H]1CCCC(N2CCC(c3c(C(F)(F)F)ccc(Cl)c3F)=CC2=O)c2cc(ccn2)-c2c(cnn2C2CC2)NC1=O. The van der Waals surface area contributed by atoms with Crippen molar-refractivity contribution >= 4 is 34.7 Å². The molecular weight excluding hydrogens is 574 g/mol. The Bertz CT molecular complexity index is 1600. The molecule has 1 aliphatic carbocycles. The van der Waals surface area contributed by atoms with Gasteiger partial charge in [0, 0.05) is 35.9 Å². The van der Waals surface area contributed by atoms with Crippen LogP contribution in [0, 0.1) is 11.7 Å². The van der Waals surface area contributed by atoms with Crippen LogP contribution in [0.2, 0.25) is 5.02 Å². The van der Waals surface area contributed by atoms with Crippen molar-refractivity contribution in [3.8, 4) is 11.3 Å². The van der Waals surface area contributed by atoms with Gasteiger partial charge in [-0.05, 0) is 61.9 Å². The van der Waals surface area contributed by atoms with E-state index in [1.54, 1.807) is 17.3 Å². The van der Waals surface area contributed by atoms with Gasteiger partial charge in [0.05, 0.1) is 45.9 Å². The van der Waals surface area contributed by atoms with Crippen LogP contribution in [0.5, 0.6) is 0 Å². The quantitative estimate of drug-likeness (QED) is 0.322. The summed E-state index contributed by atoms with van der Waals surface area (Å²) in [5.41, 5.74) is 0.867. The number of nitrogens with zero attached hydrogens (tertiary/aromatic N) is 4. The van der Waals surface area contributed by atoms with Gasteiger partial charge in [0.15, 0.2) is 0 Å². The third-order valence-electron chi connectivity index (χ3n) is 8.20. The molecule has 42 heavy (non-hydrogen) atoms. The lowest BCUT2D eigenvalue weighted by Gasteiger charge is -2.35. The number of aromatic nitrogens is 3. The van der Waals surface area contributed by atoms with Crippen molar-refractivity contribution in [1.82, 2.24) is 19.7 Å². The second-order valence-corrected chi connectivity index (χ2v) is 11.5. The van der Waals surface area contributed by atoms with E-state index >= 15 is 0 Å². The maximum Gasteiger partial charge on any atom is 0.417 e. The molecule has 2 bridgehead atoms. The van der Waals surface area contributed by atoms with Crippen molar-refractivity contribution in [3.05, 3.63) is 70.4 Å². The first kappa shape index (κ1) is 28.4. The first-order chi connectivity index (χ1) is 20.0. The fourth-order valence-corrected chi connectivity index (χ4v) is 6.00. The maximum absolute atomic E-state index is 15.0. The molecule has 1 saturated carbocycles. The third-order valence-corrected chi connectivity index (χ3v) is 8.50. The van der Waals surface area contributed by atoms with Crippen molar-refractivity contribution in [3.63, 3.8) is 0 Å². The number of hydrogen-bond donors (Lipinski definition) is 1. The Hall–Kier alpha value is -3.73. The van der Waals surface area contributed by atoms with E-state index in [4.69, 9.17) is 11.6 Å². The van der Waals surface area contributed by atoms with Gasteiger partial charge in [0.2, 0.25) is 11.8 Å². The van der Waals surface area contributed by atoms with Crippen molar-refractivity contribution in [2.75, 3.05) is 11.9 Å². The predicted octanol–water partition coefficient (Wildman–Crippen LogP) is 7.21. The van der Waals surface area contributed by atoms with Crippen LogP contribution in [-0.4, -0.2) is 38.0 Å². The summed E-state index contributed by atoms with van der Waals surface area (Å²) in [7, 11) is 0. The van der Waals surface area contributed by atoms with Crippen molar-refractivity contribution < 1.29 is 27.2 Å². The molecule has 3 aliphatic rings. The molecule has 1 aromatic carbocycles. The molecule has 2 atom stereocenters. The number of alkyl halides is 3. The van der Waals surface area contributed by atoms with E-state index in [2.05, 4.69) is 15.4 Å². The summed E-state index contributed by atoms with van der Waals surface area (Å²) >= 11 is 5.84. The Kier molecular flexibility index (Phi) is 7.32. The average molecular weight is 602 g/mol. The number of halogens is 5. The van der Waals surface area contributed by atoms with Gasteiger partial charge in [0.1, 0.15) is 5.82 Å². The van der Waals surface area contributed by atoms with E-state index in [-0.39, 0.29) is 36.4 Å². The monoisotopic (exact) mass is 601 g/mol. The molecule has 2 aromatic heterocycles. The first-order valence-corrected chi connectivity index (χ1v) is 14.3. The lowest BCUT2D eigenvalue weighted by atomic mass is 9.91. The van der Waals surface area contributed by atoms with Gasteiger partial charge in [0.25, 0.3) is 0 Å². The molecule has 4 heterocycles. The number of hydrogen-bond acceptors (Lipinski definition) is 4. The topological polar surface area (TPSA) is 80.1 Å². The third kappa shape index (κ3) is 5.30. The highest BCUT2D eigenvalue weighted by Crippen LogP contribution is 2.43. The summed E-state index contributed by atoms with van der Waals surface area (Å²) in [6, 6.07) is 5.05. The minimum atomic E-state index is -4.82. The van der Waals surface area contributed by atoms with Gasteiger partial charge in [-0.3, -0.25) is 19.3 Å². The second-order valence-electron chi connectivity index (χ2n) is 11.1. The summed E-state index contributed by atoms with van der Waals surface area (Å²) in [5.74, 6) is -2.16. The van der Waals surface area contributed by atoms with Crippen LogP contribution in [0.15, 0.2) is 42.7 Å². The Balaban J connectivity index is 1.39. The number of rotatable bonds is 3. The lowest BCUT2D eigenvalue weighted by molar-refractivity contribution is -0.138. The molecule has 1 N–H and O–H groups in total. The van der Waals surface area contributed by atoms with Crippen LogP contribution in [0.1, 0.15) is 74.4 Å². The lowest BCUT2D eigenvalue weighted by Crippen LogP contribution is -2.38. The van der Waals surface area contributed by atoms with E-state index in [9.17, 15) is 27.2 Å². The second kappa shape index (κ2) is 10.8. The highest BCUT2D eigenvalue weighted by molar-refractivity contribution is 6.31. The van der Waals surface area contributed by atoms with Crippen LogP contribution in [0.25, 0.3) is 16.8 Å². The summed E-state index contributed by atoms with van der Waals surface area (Å²) < 4.78 is 58.2. The number of carbonyl (C=O) groups excluding carboxylic acids is 2. The summed E-state index contributed by atoms with van der Waals surface area (Å²) in [4.78, 5) is 32.7. The summed E-state index contributed by atoms with van der Waals surface area (Å²) in [5, 5.41) is 7.13. The normalized spacial score (nSPS) is 21.7. The Labute approximate surface area is 244 Å². The van der Waals surface area contributed by atoms with E-state index in [0.717, 1.165) is 42.3 Å². The predicted molar refractivity (Wildman–Crippen MR) is 149 cm³/mol. The zero-order valence-electron chi connectivity index (χ0n) is 22.7. The molecule has 220 valence electrons. The van der Waals surface area contributed by atoms with Gasteiger partial charge in [-0.1, -0.05) is 24.9 Å². The molecular formula is C30H28ClF4N5O2. The van der Waals surface area contributed by atoms with E-state index in [1.165, 1.54) is 0 Å². The molecule has 1 unspecified atom stereocenters. The number of fused-ring (bicyclic) bond motifs is 4. The molecule has 0 radical (unpaired) electrons. The largest absolute Gasteiger partial charge is 0.417 e. The molecule has 6 rings (SSSR count). The van der Waals surface area contributed by atoms with E-state index < -0.39 is 40.1 Å². The van der Waals surface area contributed by atoms with Gasteiger partial charge < -0.3 is 10.2 Å². The van der Waals surface area contributed by atoms with Crippen molar-refractivity contribution in [1.29, 1.82) is 0 Å². The minimum Gasteiger partial charge on any atom is -0.330 e. The van der Waals surface area contributed by atoms with Crippen molar-refractivity contribution in [2.24, 2.45) is 5.92 Å². The molecule has 2 amide bonds. The summed E-state index contributed by atoms with van der Waals surface area (Å²) in [6.07, 6.45) is 3.16. The number of carbonyl (C=O) groups is 2. The van der Waals surface area contributed by atoms with E-state index in [0.29, 0.717) is 30.6 Å². The van der Waals surface area contributed by atoms with Crippen LogP contribution in [0.4, 0.5) is 23.2 Å². The highest BCUT2D eigenvalue weighted by atomic mass is 35.5. The fraction of sp³-hybridized carbons (Fsp3) is 0.400. The maximum atomic E-state index is 15.0. The number of amides is 2. The fourth-order valence-electron chi connectivity index (χ4n) is 5.85. The number of pyridine rings is 1. The van der Waals surface area contributed by atoms with Crippen LogP contribution in [-0.2, 0) is 15.8 Å². The minimum absolute atomic E-state index is 0.000317. The summed E-state index contributed by atoms with van der Waals surface area (Å²) in [6.45, 7) is 1.91. The Morgan fingerprint density at radius 1 is 1.10 bits per heavy atom. The number of nitrogens with one attached hydrogen (secondary N) is 1. The number of benzene rings is 1. The molecule has 12 heteroatoms. The van der Waals surface area contributed by atoms with Gasteiger partial charge in [-0.2, -0.15) is 18.3 Å². The molecule has 0 saturated heterocycles. The zero-order chi connectivity index (χ0) is 29.8. The zero-order valence-corrected chi connectivity index (χ0v) is 23.5.